The van der Waals surface area contributed by atoms with Crippen LogP contribution in [0.4, 0.5) is 0 Å². The zero-order valence-electron chi connectivity index (χ0n) is 29.3. The Balaban J connectivity index is 1.14. The molecule has 15 nitrogen and oxygen atoms in total. The number of nitrogens with zero attached hydrogens (tertiary/aromatic N) is 3. The lowest BCUT2D eigenvalue weighted by molar-refractivity contribution is -0.134. The largest absolute Gasteiger partial charge is 0.492 e. The van der Waals surface area contributed by atoms with Crippen molar-refractivity contribution in [2.24, 2.45) is 0 Å². The molecular weight excluding hydrogens is 680 g/mol. The van der Waals surface area contributed by atoms with E-state index in [9.17, 15) is 24.0 Å². The monoisotopic (exact) mass is 722 g/mol. The Hall–Kier alpha value is -6.12. The van der Waals surface area contributed by atoms with Crippen molar-refractivity contribution in [3.63, 3.8) is 0 Å². The Morgan fingerprint density at radius 1 is 0.925 bits per heavy atom. The number of fused-ring (bicyclic) bond motifs is 15. The fraction of sp³-hybridized carbons (Fsp3) is 0.368. The number of hydrogen-bond acceptors (Lipinski definition) is 10. The fourth-order valence-electron chi connectivity index (χ4n) is 5.90. The van der Waals surface area contributed by atoms with E-state index in [1.807, 2.05) is 30.3 Å². The van der Waals surface area contributed by atoms with Gasteiger partial charge in [-0.15, -0.1) is 0 Å². The first-order valence-corrected chi connectivity index (χ1v) is 17.7. The number of nitrogens with one attached hydrogen (secondary N) is 5. The van der Waals surface area contributed by atoms with Crippen LogP contribution in [0.25, 0.3) is 11.4 Å². The van der Waals surface area contributed by atoms with Gasteiger partial charge >= 0.3 is 0 Å². The van der Waals surface area contributed by atoms with E-state index in [2.05, 4.69) is 41.7 Å². The maximum Gasteiger partial charge on any atom is 0.245 e. The number of amides is 5. The van der Waals surface area contributed by atoms with Crippen molar-refractivity contribution in [2.45, 2.75) is 75.5 Å². The van der Waals surface area contributed by atoms with Gasteiger partial charge in [0.15, 0.2) is 0 Å². The Morgan fingerprint density at radius 2 is 1.68 bits per heavy atom. The minimum Gasteiger partial charge on any atom is -0.492 e. The number of rotatable bonds is 8. The first-order valence-electron chi connectivity index (χ1n) is 17.7. The maximum absolute atomic E-state index is 13.7. The van der Waals surface area contributed by atoms with Crippen LogP contribution in [-0.4, -0.2) is 81.5 Å². The summed E-state index contributed by atoms with van der Waals surface area (Å²) < 4.78 is 11.2. The lowest BCUT2D eigenvalue weighted by Crippen LogP contribution is -2.59. The maximum atomic E-state index is 13.7. The molecule has 2 aromatic heterocycles. The molecule has 4 aromatic rings. The Bertz CT molecular complexity index is 1900. The summed E-state index contributed by atoms with van der Waals surface area (Å²) in [6.45, 7) is 1.91. The van der Waals surface area contributed by atoms with Crippen LogP contribution < -0.4 is 31.3 Å². The molecule has 1 fully saturated rings. The normalized spacial score (nSPS) is 20.7. The van der Waals surface area contributed by atoms with Crippen LogP contribution in [-0.2, 0) is 43.2 Å². The average molecular weight is 723 g/mol. The lowest BCUT2D eigenvalue weighted by atomic mass is 10.0. The minimum absolute atomic E-state index is 0.0773. The van der Waals surface area contributed by atoms with E-state index in [1.165, 1.54) is 6.92 Å². The van der Waals surface area contributed by atoms with Crippen molar-refractivity contribution in [3.05, 3.63) is 96.1 Å². The average Bonchev–Trinajstić information content (AvgIpc) is 3.80. The van der Waals surface area contributed by atoms with Gasteiger partial charge in [-0.1, -0.05) is 47.6 Å². The summed E-state index contributed by atoms with van der Waals surface area (Å²) in [5.74, 6) is -1.03. The summed E-state index contributed by atoms with van der Waals surface area (Å²) in [6, 6.07) is 16.6. The van der Waals surface area contributed by atoms with Gasteiger partial charge < -0.3 is 35.8 Å². The minimum atomic E-state index is -1.07. The van der Waals surface area contributed by atoms with Crippen LogP contribution in [0.1, 0.15) is 49.6 Å². The van der Waals surface area contributed by atoms with E-state index in [4.69, 9.17) is 9.26 Å². The number of ether oxygens (including phenoxy) is 1. The molecule has 5 N–H and O–H groups in total. The van der Waals surface area contributed by atoms with E-state index < -0.39 is 41.4 Å². The molecule has 2 aliphatic heterocycles. The molecule has 7 rings (SSSR count). The predicted octanol–water partition coefficient (Wildman–Crippen LogP) is 1.57. The molecule has 2 bridgehead atoms. The highest BCUT2D eigenvalue weighted by molar-refractivity contribution is 5.98. The number of carbonyl (C=O) groups is 5. The third-order valence-corrected chi connectivity index (χ3v) is 9.09. The third-order valence-electron chi connectivity index (χ3n) is 9.09. The highest BCUT2D eigenvalue weighted by Gasteiger charge is 2.51. The summed E-state index contributed by atoms with van der Waals surface area (Å²) in [7, 11) is 0. The van der Waals surface area contributed by atoms with Crippen LogP contribution >= 0.6 is 0 Å². The van der Waals surface area contributed by atoms with Crippen LogP contribution in [0.2, 0.25) is 0 Å². The molecule has 1 aliphatic carbocycles. The van der Waals surface area contributed by atoms with Gasteiger partial charge in [0.2, 0.25) is 41.3 Å². The van der Waals surface area contributed by atoms with Crippen LogP contribution in [0.3, 0.4) is 0 Å². The molecular formula is C38H42N8O7. The summed E-state index contributed by atoms with van der Waals surface area (Å²) in [5, 5.41) is 18.0. The Morgan fingerprint density at radius 3 is 2.42 bits per heavy atom. The lowest BCUT2D eigenvalue weighted by Gasteiger charge is -2.25. The van der Waals surface area contributed by atoms with Gasteiger partial charge in [0.25, 0.3) is 0 Å². The number of aryl methyl sites for hydroxylation is 1. The van der Waals surface area contributed by atoms with Crippen molar-refractivity contribution in [1.29, 1.82) is 0 Å². The molecule has 0 saturated heterocycles. The van der Waals surface area contributed by atoms with Gasteiger partial charge in [-0.2, -0.15) is 4.98 Å². The molecule has 1 spiro atoms. The van der Waals surface area contributed by atoms with Crippen molar-refractivity contribution in [1.82, 2.24) is 41.7 Å². The second-order valence-corrected chi connectivity index (χ2v) is 13.2. The van der Waals surface area contributed by atoms with Gasteiger partial charge in [0.05, 0.1) is 6.54 Å². The smallest absolute Gasteiger partial charge is 0.245 e. The van der Waals surface area contributed by atoms with Gasteiger partial charge in [-0.05, 0) is 61.6 Å². The topological polar surface area (TPSA) is 207 Å². The third kappa shape index (κ3) is 10.0. The van der Waals surface area contributed by atoms with E-state index in [0.717, 1.165) is 16.7 Å². The van der Waals surface area contributed by atoms with Gasteiger partial charge in [0, 0.05) is 43.6 Å². The van der Waals surface area contributed by atoms with Gasteiger partial charge in [-0.3, -0.25) is 29.0 Å². The quantitative estimate of drug-likeness (QED) is 0.166. The molecule has 5 amide bonds. The van der Waals surface area contributed by atoms with Crippen LogP contribution in [0.15, 0.2) is 83.6 Å². The number of pyridine rings is 1. The predicted molar refractivity (Wildman–Crippen MR) is 191 cm³/mol. The molecule has 3 aliphatic rings. The van der Waals surface area contributed by atoms with E-state index in [1.54, 1.807) is 48.8 Å². The summed E-state index contributed by atoms with van der Waals surface area (Å²) >= 11 is 0. The molecule has 4 heterocycles. The standard InChI is InChI=1S/C38H42N8O7/c1-24-34(48)43-30(22-25-6-3-2-4-7-25)36(50)45-38(16-17-38)37(51)40-20-21-52-28-12-10-26(11-13-28)23-29(35(49)41-24)42-31(47)8-5-9-32-44-33(46-53-32)27-14-18-39-19-15-27/h2-4,6-7,10-15,18-19,24,29-30H,5,8-9,16-17,20-23H2,1H3,(H,40,51)(H,41,49)(H,42,47)(H,43,48)(H,45,50)/t24-,29-,30+/m0/s1. The first-order chi connectivity index (χ1) is 25.7. The second-order valence-electron chi connectivity index (χ2n) is 13.2. The molecule has 0 unspecified atom stereocenters. The van der Waals surface area contributed by atoms with E-state index >= 15 is 0 Å². The Kier molecular flexibility index (Phi) is 11.7. The SMILES string of the molecule is C[C@@H]1NC(=O)[C@@H](NC(=O)CCCc2nc(-c3ccncc3)no2)Cc2ccc(cc2)OCCNC(=O)C2(CC2)NC(=O)[C@@H](Cc2ccccc2)NC1=O. The van der Waals surface area contributed by atoms with Crippen molar-refractivity contribution in [3.8, 4) is 17.1 Å². The van der Waals surface area contributed by atoms with Gasteiger partial charge in [0.1, 0.15) is 36.0 Å². The number of aromatic nitrogens is 3. The highest BCUT2D eigenvalue weighted by Crippen LogP contribution is 2.35. The molecule has 0 radical (unpaired) electrons. The summed E-state index contributed by atoms with van der Waals surface area (Å²) in [4.78, 5) is 75.4. The van der Waals surface area contributed by atoms with Crippen molar-refractivity contribution >= 4 is 29.5 Å². The molecule has 53 heavy (non-hydrogen) atoms. The van der Waals surface area contributed by atoms with E-state index in [-0.39, 0.29) is 44.2 Å². The zero-order chi connectivity index (χ0) is 37.2. The first kappa shape index (κ1) is 36.7. The van der Waals surface area contributed by atoms with Crippen molar-refractivity contribution < 1.29 is 33.2 Å². The number of carbonyl (C=O) groups excluding carboxylic acids is 5. The molecule has 2 aromatic carbocycles. The highest BCUT2D eigenvalue weighted by atomic mass is 16.5. The Labute approximate surface area is 306 Å². The van der Waals surface area contributed by atoms with Crippen LogP contribution in [0.5, 0.6) is 5.75 Å². The fourth-order valence-corrected chi connectivity index (χ4v) is 5.90. The van der Waals surface area contributed by atoms with Crippen LogP contribution in [0, 0.1) is 0 Å². The molecule has 3 atom stereocenters. The summed E-state index contributed by atoms with van der Waals surface area (Å²) in [5.41, 5.74) is 1.22. The molecule has 276 valence electrons. The van der Waals surface area contributed by atoms with Gasteiger partial charge in [-0.25, -0.2) is 0 Å². The molecule has 15 heteroatoms. The molecule has 1 saturated carbocycles. The summed E-state index contributed by atoms with van der Waals surface area (Å²) in [6.07, 6.45) is 5.28. The number of hydrogen-bond donors (Lipinski definition) is 5. The second kappa shape index (κ2) is 16.9. The zero-order valence-corrected chi connectivity index (χ0v) is 29.3. The van der Waals surface area contributed by atoms with Crippen molar-refractivity contribution in [2.75, 3.05) is 13.2 Å². The van der Waals surface area contributed by atoms with E-state index in [0.29, 0.717) is 43.1 Å². The number of benzene rings is 2.